The Morgan fingerprint density at radius 3 is 2.38 bits per heavy atom. The van der Waals surface area contributed by atoms with Gasteiger partial charge in [-0.05, 0) is 39.5 Å². The Kier molecular flexibility index (Phi) is 6.20. The fourth-order valence-corrected chi connectivity index (χ4v) is 2.65. The lowest BCUT2D eigenvalue weighted by Gasteiger charge is -2.46. The quantitative estimate of drug-likeness (QED) is 0.781. The van der Waals surface area contributed by atoms with Crippen LogP contribution in [0.25, 0.3) is 0 Å². The third-order valence-electron chi connectivity index (χ3n) is 4.12. The summed E-state index contributed by atoms with van der Waals surface area (Å²) in [5, 5.41) is 2.90. The largest absolute Gasteiger partial charge is 0.377 e. The normalized spacial score (nSPS) is 26.7. The molecule has 0 bridgehead atoms. The summed E-state index contributed by atoms with van der Waals surface area (Å²) in [5.74, 6) is 0.318. The molecular weight excluding hydrogens is 268 g/mol. The first-order valence-electron chi connectivity index (χ1n) is 7.96. The molecule has 0 aromatic rings. The van der Waals surface area contributed by atoms with E-state index in [2.05, 4.69) is 19.2 Å². The van der Waals surface area contributed by atoms with Crippen LogP contribution < -0.4 is 5.32 Å². The Morgan fingerprint density at radius 1 is 1.29 bits per heavy atom. The van der Waals surface area contributed by atoms with E-state index >= 15 is 0 Å². The zero-order valence-electron chi connectivity index (χ0n) is 14.2. The van der Waals surface area contributed by atoms with Crippen LogP contribution >= 0.6 is 0 Å². The maximum absolute atomic E-state index is 12.7. The molecule has 1 saturated heterocycles. The van der Waals surface area contributed by atoms with Gasteiger partial charge in [0.15, 0.2) is 0 Å². The first-order valence-corrected chi connectivity index (χ1v) is 7.96. The summed E-state index contributed by atoms with van der Waals surface area (Å²) in [5.41, 5.74) is -0.773. The number of nitrogens with zero attached hydrogens (tertiary/aromatic N) is 1. The molecule has 1 fully saturated rings. The third-order valence-corrected chi connectivity index (χ3v) is 4.12. The van der Waals surface area contributed by atoms with Gasteiger partial charge in [-0.2, -0.15) is 0 Å². The second-order valence-electron chi connectivity index (χ2n) is 6.69. The average Bonchev–Trinajstić information content (AvgIpc) is 2.39. The van der Waals surface area contributed by atoms with E-state index in [1.54, 1.807) is 4.90 Å². The lowest BCUT2D eigenvalue weighted by Crippen LogP contribution is -2.69. The molecule has 0 saturated carbocycles. The number of rotatable bonds is 7. The van der Waals surface area contributed by atoms with Crippen LogP contribution in [-0.4, -0.2) is 47.6 Å². The minimum atomic E-state index is -0.773. The van der Waals surface area contributed by atoms with Crippen molar-refractivity contribution in [2.24, 2.45) is 5.92 Å². The first-order chi connectivity index (χ1) is 9.72. The van der Waals surface area contributed by atoms with Crippen molar-refractivity contribution < 1.29 is 14.3 Å². The molecule has 1 rings (SSSR count). The van der Waals surface area contributed by atoms with Gasteiger partial charge in [0.1, 0.15) is 11.6 Å². The van der Waals surface area contributed by atoms with Crippen LogP contribution in [0, 0.1) is 5.92 Å². The minimum absolute atomic E-state index is 0.0139. The molecular formula is C16H30N2O3. The van der Waals surface area contributed by atoms with Gasteiger partial charge in [-0.25, -0.2) is 0 Å². The van der Waals surface area contributed by atoms with Crippen molar-refractivity contribution in [2.45, 2.75) is 72.1 Å². The van der Waals surface area contributed by atoms with Gasteiger partial charge in [-0.15, -0.1) is 0 Å². The van der Waals surface area contributed by atoms with Gasteiger partial charge in [0, 0.05) is 6.54 Å². The Hall–Kier alpha value is -1.10. The lowest BCUT2D eigenvalue weighted by molar-refractivity contribution is -0.158. The lowest BCUT2D eigenvalue weighted by atomic mass is 9.88. The van der Waals surface area contributed by atoms with Gasteiger partial charge in [0.25, 0.3) is 0 Å². The molecule has 1 N–H and O–H groups in total. The number of nitrogens with one attached hydrogen (secondary N) is 1. The average molecular weight is 298 g/mol. The van der Waals surface area contributed by atoms with Gasteiger partial charge in [-0.1, -0.05) is 20.8 Å². The Bertz CT molecular complexity index is 382. The number of piperazine rings is 1. The molecule has 0 aromatic carbocycles. The number of carbonyl (C=O) groups excluding carboxylic acids is 2. The van der Waals surface area contributed by atoms with Crippen LogP contribution in [0.2, 0.25) is 0 Å². The second kappa shape index (κ2) is 7.25. The molecule has 5 heteroatoms. The third kappa shape index (κ3) is 4.19. The monoisotopic (exact) mass is 298 g/mol. The Labute approximate surface area is 128 Å². The van der Waals surface area contributed by atoms with E-state index in [1.807, 2.05) is 27.7 Å². The van der Waals surface area contributed by atoms with Crippen molar-refractivity contribution in [1.29, 1.82) is 0 Å². The van der Waals surface area contributed by atoms with Crippen LogP contribution in [0.3, 0.4) is 0 Å². The van der Waals surface area contributed by atoms with E-state index < -0.39 is 11.6 Å². The smallest absolute Gasteiger partial charge is 0.246 e. The number of hydrogen-bond acceptors (Lipinski definition) is 3. The van der Waals surface area contributed by atoms with Crippen LogP contribution in [0.5, 0.6) is 0 Å². The SMILES string of the molecule is CCC1(C)C(=O)NC(CC(C)C)C(=O)N1CCOC(C)C. The highest BCUT2D eigenvalue weighted by atomic mass is 16.5. The van der Waals surface area contributed by atoms with Crippen LogP contribution in [0.1, 0.15) is 54.4 Å². The molecule has 2 amide bonds. The molecule has 21 heavy (non-hydrogen) atoms. The van der Waals surface area contributed by atoms with Gasteiger partial charge in [0.2, 0.25) is 11.8 Å². The van der Waals surface area contributed by atoms with E-state index in [-0.39, 0.29) is 17.9 Å². The molecule has 0 aliphatic carbocycles. The number of carbonyl (C=O) groups is 2. The summed E-state index contributed by atoms with van der Waals surface area (Å²) in [6.45, 7) is 12.7. The molecule has 2 unspecified atom stereocenters. The van der Waals surface area contributed by atoms with Crippen LogP contribution in [0.15, 0.2) is 0 Å². The summed E-state index contributed by atoms with van der Waals surface area (Å²) in [4.78, 5) is 26.9. The molecule has 2 atom stereocenters. The Balaban J connectivity index is 2.88. The molecule has 5 nitrogen and oxygen atoms in total. The van der Waals surface area contributed by atoms with Crippen molar-refractivity contribution in [3.8, 4) is 0 Å². The number of amides is 2. The van der Waals surface area contributed by atoms with Gasteiger partial charge in [-0.3, -0.25) is 9.59 Å². The fourth-order valence-electron chi connectivity index (χ4n) is 2.65. The molecule has 0 aromatic heterocycles. The van der Waals surface area contributed by atoms with Gasteiger partial charge in [0.05, 0.1) is 12.7 Å². The highest BCUT2D eigenvalue weighted by Crippen LogP contribution is 2.26. The molecule has 1 aliphatic heterocycles. The number of ether oxygens (including phenoxy) is 1. The molecule has 1 aliphatic rings. The van der Waals surface area contributed by atoms with Crippen molar-refractivity contribution in [2.75, 3.05) is 13.2 Å². The zero-order valence-corrected chi connectivity index (χ0v) is 14.2. The van der Waals surface area contributed by atoms with Crippen LogP contribution in [-0.2, 0) is 14.3 Å². The highest BCUT2D eigenvalue weighted by molar-refractivity contribution is 5.99. The second-order valence-corrected chi connectivity index (χ2v) is 6.69. The predicted molar refractivity (Wildman–Crippen MR) is 82.9 cm³/mol. The van der Waals surface area contributed by atoms with Crippen molar-refractivity contribution in [1.82, 2.24) is 10.2 Å². The summed E-state index contributed by atoms with van der Waals surface area (Å²) >= 11 is 0. The van der Waals surface area contributed by atoms with Crippen molar-refractivity contribution in [3.05, 3.63) is 0 Å². The first kappa shape index (κ1) is 18.0. The fraction of sp³-hybridized carbons (Fsp3) is 0.875. The van der Waals surface area contributed by atoms with Crippen molar-refractivity contribution >= 4 is 11.8 Å². The number of hydrogen-bond donors (Lipinski definition) is 1. The van der Waals surface area contributed by atoms with E-state index in [9.17, 15) is 9.59 Å². The molecule has 122 valence electrons. The summed E-state index contributed by atoms with van der Waals surface area (Å²) in [6, 6.07) is -0.406. The van der Waals surface area contributed by atoms with E-state index in [4.69, 9.17) is 4.74 Å². The Morgan fingerprint density at radius 2 is 1.90 bits per heavy atom. The highest BCUT2D eigenvalue weighted by Gasteiger charge is 2.47. The van der Waals surface area contributed by atoms with E-state index in [1.165, 1.54) is 0 Å². The topological polar surface area (TPSA) is 58.6 Å². The predicted octanol–water partition coefficient (Wildman–Crippen LogP) is 1.95. The molecule has 1 heterocycles. The van der Waals surface area contributed by atoms with Gasteiger partial charge < -0.3 is 15.0 Å². The van der Waals surface area contributed by atoms with E-state index in [0.29, 0.717) is 31.9 Å². The summed E-state index contributed by atoms with van der Waals surface area (Å²) < 4.78 is 5.56. The van der Waals surface area contributed by atoms with Crippen molar-refractivity contribution in [3.63, 3.8) is 0 Å². The summed E-state index contributed by atoms with van der Waals surface area (Å²) in [6.07, 6.45) is 1.39. The maximum atomic E-state index is 12.7. The summed E-state index contributed by atoms with van der Waals surface area (Å²) in [7, 11) is 0. The maximum Gasteiger partial charge on any atom is 0.246 e. The molecule has 0 spiro atoms. The zero-order chi connectivity index (χ0) is 16.2. The molecule has 0 radical (unpaired) electrons. The standard InChI is InChI=1S/C16H30N2O3/c1-7-16(6)15(20)17-13(10-11(2)3)14(19)18(16)8-9-21-12(4)5/h11-13H,7-10H2,1-6H3,(H,17,20). The minimum Gasteiger partial charge on any atom is -0.377 e. The van der Waals surface area contributed by atoms with Gasteiger partial charge >= 0.3 is 0 Å². The van der Waals surface area contributed by atoms with Crippen LogP contribution in [0.4, 0.5) is 0 Å². The van der Waals surface area contributed by atoms with E-state index in [0.717, 1.165) is 0 Å².